The van der Waals surface area contributed by atoms with Crippen molar-refractivity contribution in [1.82, 2.24) is 10.3 Å². The molecule has 0 bridgehead atoms. The van der Waals surface area contributed by atoms with E-state index in [1.807, 2.05) is 18.2 Å². The SMILES string of the molecule is CO[C@H](CNC(=O)c1ccccn1)c1ccccc1Cl. The Hall–Kier alpha value is -1.91. The Labute approximate surface area is 122 Å². The minimum atomic E-state index is -0.295. The summed E-state index contributed by atoms with van der Waals surface area (Å²) in [5.74, 6) is -0.236. The molecule has 1 aromatic carbocycles. The number of hydrogen-bond acceptors (Lipinski definition) is 3. The van der Waals surface area contributed by atoms with Gasteiger partial charge in [-0.3, -0.25) is 9.78 Å². The van der Waals surface area contributed by atoms with Gasteiger partial charge in [-0.05, 0) is 18.2 Å². The number of methoxy groups -OCH3 is 1. The summed E-state index contributed by atoms with van der Waals surface area (Å²) in [6.45, 7) is 0.329. The maximum absolute atomic E-state index is 11.9. The smallest absolute Gasteiger partial charge is 0.269 e. The second kappa shape index (κ2) is 7.03. The van der Waals surface area contributed by atoms with E-state index in [4.69, 9.17) is 16.3 Å². The van der Waals surface area contributed by atoms with Gasteiger partial charge in [-0.1, -0.05) is 35.9 Å². The van der Waals surface area contributed by atoms with Gasteiger partial charge in [0.15, 0.2) is 0 Å². The first-order valence-corrected chi connectivity index (χ1v) is 6.56. The van der Waals surface area contributed by atoms with Crippen molar-refractivity contribution < 1.29 is 9.53 Å². The predicted molar refractivity (Wildman–Crippen MR) is 77.8 cm³/mol. The third-order valence-corrected chi connectivity index (χ3v) is 3.23. The number of nitrogens with zero attached hydrogens (tertiary/aromatic N) is 1. The van der Waals surface area contributed by atoms with Crippen molar-refractivity contribution in [3.63, 3.8) is 0 Å². The highest BCUT2D eigenvalue weighted by molar-refractivity contribution is 6.31. The molecule has 1 atom stereocenters. The molecule has 0 saturated carbocycles. The number of carbonyl (C=O) groups excluding carboxylic acids is 1. The van der Waals surface area contributed by atoms with E-state index in [0.717, 1.165) is 5.56 Å². The topological polar surface area (TPSA) is 51.2 Å². The molecule has 1 amide bonds. The normalized spacial score (nSPS) is 11.9. The van der Waals surface area contributed by atoms with Gasteiger partial charge in [0, 0.05) is 30.4 Å². The Kier molecular flexibility index (Phi) is 5.09. The number of halogens is 1. The molecule has 5 heteroatoms. The Morgan fingerprint density at radius 3 is 2.70 bits per heavy atom. The Balaban J connectivity index is 2.02. The number of amides is 1. The van der Waals surface area contributed by atoms with Crippen LogP contribution in [-0.4, -0.2) is 24.5 Å². The zero-order valence-electron chi connectivity index (χ0n) is 11.0. The fourth-order valence-corrected chi connectivity index (χ4v) is 2.09. The molecule has 1 N–H and O–H groups in total. The number of ether oxygens (including phenoxy) is 1. The summed E-state index contributed by atoms with van der Waals surface area (Å²) in [5, 5.41) is 3.41. The lowest BCUT2D eigenvalue weighted by atomic mass is 10.1. The van der Waals surface area contributed by atoms with E-state index in [0.29, 0.717) is 17.3 Å². The lowest BCUT2D eigenvalue weighted by molar-refractivity contribution is 0.0824. The molecule has 0 spiro atoms. The van der Waals surface area contributed by atoms with Gasteiger partial charge in [0.1, 0.15) is 11.8 Å². The summed E-state index contributed by atoms with van der Waals surface area (Å²) in [5.41, 5.74) is 1.22. The lowest BCUT2D eigenvalue weighted by Crippen LogP contribution is -2.29. The van der Waals surface area contributed by atoms with E-state index in [2.05, 4.69) is 10.3 Å². The highest BCUT2D eigenvalue weighted by atomic mass is 35.5. The van der Waals surface area contributed by atoms with Crippen LogP contribution < -0.4 is 5.32 Å². The van der Waals surface area contributed by atoms with Crippen LogP contribution in [0.2, 0.25) is 5.02 Å². The van der Waals surface area contributed by atoms with Crippen LogP contribution in [0.5, 0.6) is 0 Å². The van der Waals surface area contributed by atoms with Crippen LogP contribution in [0.1, 0.15) is 22.2 Å². The average Bonchev–Trinajstić information content (AvgIpc) is 2.50. The number of nitrogens with one attached hydrogen (secondary N) is 1. The first kappa shape index (κ1) is 14.5. The summed E-state index contributed by atoms with van der Waals surface area (Å²) in [4.78, 5) is 15.9. The number of aromatic nitrogens is 1. The van der Waals surface area contributed by atoms with Gasteiger partial charge >= 0.3 is 0 Å². The molecule has 0 saturated heterocycles. The molecule has 0 aliphatic carbocycles. The Morgan fingerprint density at radius 2 is 2.05 bits per heavy atom. The number of pyridine rings is 1. The van der Waals surface area contributed by atoms with Crippen LogP contribution >= 0.6 is 11.6 Å². The van der Waals surface area contributed by atoms with Crippen molar-refractivity contribution in [3.05, 3.63) is 64.9 Å². The highest BCUT2D eigenvalue weighted by Crippen LogP contribution is 2.24. The van der Waals surface area contributed by atoms with Gasteiger partial charge in [-0.2, -0.15) is 0 Å². The van der Waals surface area contributed by atoms with Crippen molar-refractivity contribution >= 4 is 17.5 Å². The summed E-state index contributed by atoms with van der Waals surface area (Å²) in [7, 11) is 1.58. The van der Waals surface area contributed by atoms with E-state index < -0.39 is 0 Å². The van der Waals surface area contributed by atoms with Crippen LogP contribution in [0, 0.1) is 0 Å². The molecular weight excluding hydrogens is 276 g/mol. The Bertz CT molecular complexity index is 575. The Morgan fingerprint density at radius 1 is 1.30 bits per heavy atom. The zero-order valence-corrected chi connectivity index (χ0v) is 11.8. The van der Waals surface area contributed by atoms with Crippen LogP contribution in [-0.2, 0) is 4.74 Å². The molecule has 0 aliphatic rings. The van der Waals surface area contributed by atoms with Crippen molar-refractivity contribution in [2.24, 2.45) is 0 Å². The van der Waals surface area contributed by atoms with Crippen LogP contribution in [0.4, 0.5) is 0 Å². The maximum Gasteiger partial charge on any atom is 0.269 e. The molecule has 1 heterocycles. The first-order valence-electron chi connectivity index (χ1n) is 6.19. The summed E-state index contributed by atoms with van der Waals surface area (Å²) >= 11 is 6.13. The fraction of sp³-hybridized carbons (Fsp3) is 0.200. The van der Waals surface area contributed by atoms with Gasteiger partial charge in [-0.15, -0.1) is 0 Å². The minimum absolute atomic E-state index is 0.236. The molecule has 104 valence electrons. The molecule has 0 radical (unpaired) electrons. The van der Waals surface area contributed by atoms with Crippen molar-refractivity contribution in [1.29, 1.82) is 0 Å². The largest absolute Gasteiger partial charge is 0.375 e. The third-order valence-electron chi connectivity index (χ3n) is 2.88. The zero-order chi connectivity index (χ0) is 14.4. The predicted octanol–water partition coefficient (Wildman–Crippen LogP) is 2.85. The molecule has 2 rings (SSSR count). The van der Waals surface area contributed by atoms with Gasteiger partial charge in [0.05, 0.1) is 0 Å². The number of rotatable bonds is 5. The first-order chi connectivity index (χ1) is 9.72. The number of benzene rings is 1. The van der Waals surface area contributed by atoms with Crippen LogP contribution in [0.3, 0.4) is 0 Å². The lowest BCUT2D eigenvalue weighted by Gasteiger charge is -2.17. The molecular formula is C15H15ClN2O2. The van der Waals surface area contributed by atoms with Gasteiger partial charge in [-0.25, -0.2) is 0 Å². The van der Waals surface area contributed by atoms with E-state index >= 15 is 0 Å². The van der Waals surface area contributed by atoms with E-state index in [-0.39, 0.29) is 12.0 Å². The second-order valence-corrected chi connectivity index (χ2v) is 4.58. The standard InChI is InChI=1S/C15H15ClN2O2/c1-20-14(11-6-2-3-7-12(11)16)10-18-15(19)13-8-4-5-9-17-13/h2-9,14H,10H2,1H3,(H,18,19)/t14-/m1/s1. The number of carbonyl (C=O) groups is 1. The summed E-state index contributed by atoms with van der Waals surface area (Å²) in [6.07, 6.45) is 1.29. The molecule has 4 nitrogen and oxygen atoms in total. The van der Waals surface area contributed by atoms with Crippen LogP contribution in [0.25, 0.3) is 0 Å². The molecule has 2 aromatic rings. The van der Waals surface area contributed by atoms with E-state index in [1.54, 1.807) is 37.6 Å². The molecule has 0 aliphatic heterocycles. The highest BCUT2D eigenvalue weighted by Gasteiger charge is 2.15. The van der Waals surface area contributed by atoms with Crippen molar-refractivity contribution in [2.45, 2.75) is 6.10 Å². The van der Waals surface area contributed by atoms with E-state index in [9.17, 15) is 4.79 Å². The van der Waals surface area contributed by atoms with Crippen molar-refractivity contribution in [2.75, 3.05) is 13.7 Å². The number of hydrogen-bond donors (Lipinski definition) is 1. The monoisotopic (exact) mass is 290 g/mol. The molecule has 20 heavy (non-hydrogen) atoms. The summed E-state index contributed by atoms with van der Waals surface area (Å²) in [6, 6.07) is 12.6. The third kappa shape index (κ3) is 3.56. The van der Waals surface area contributed by atoms with Gasteiger partial charge in [0.2, 0.25) is 0 Å². The molecule has 0 unspecified atom stereocenters. The van der Waals surface area contributed by atoms with Gasteiger partial charge < -0.3 is 10.1 Å². The quantitative estimate of drug-likeness (QED) is 0.921. The average molecular weight is 291 g/mol. The van der Waals surface area contributed by atoms with E-state index in [1.165, 1.54) is 0 Å². The molecule has 1 aromatic heterocycles. The second-order valence-electron chi connectivity index (χ2n) is 4.17. The fourth-order valence-electron chi connectivity index (χ4n) is 1.83. The minimum Gasteiger partial charge on any atom is -0.375 e. The van der Waals surface area contributed by atoms with Crippen LogP contribution in [0.15, 0.2) is 48.7 Å². The van der Waals surface area contributed by atoms with Gasteiger partial charge in [0.25, 0.3) is 5.91 Å². The maximum atomic E-state index is 11.9. The summed E-state index contributed by atoms with van der Waals surface area (Å²) < 4.78 is 5.38. The van der Waals surface area contributed by atoms with Crippen molar-refractivity contribution in [3.8, 4) is 0 Å². The molecule has 0 fully saturated rings.